The van der Waals surface area contributed by atoms with Crippen LogP contribution in [0.15, 0.2) is 30.7 Å². The van der Waals surface area contributed by atoms with E-state index in [0.29, 0.717) is 18.4 Å². The topological polar surface area (TPSA) is 64.0 Å². The molecule has 3 heterocycles. The normalized spacial score (nSPS) is 18.2. The van der Waals surface area contributed by atoms with Crippen molar-refractivity contribution in [2.24, 2.45) is 5.92 Å². The van der Waals surface area contributed by atoms with E-state index < -0.39 is 0 Å². The molecule has 23 heavy (non-hydrogen) atoms. The summed E-state index contributed by atoms with van der Waals surface area (Å²) in [6.45, 7) is 8.97. The highest BCUT2D eigenvalue weighted by molar-refractivity contribution is 5.37. The molecule has 0 radical (unpaired) electrons. The van der Waals surface area contributed by atoms with Gasteiger partial charge in [-0.25, -0.2) is 9.97 Å². The van der Waals surface area contributed by atoms with Crippen LogP contribution in [0.25, 0.3) is 0 Å². The molecule has 2 aromatic rings. The average molecular weight is 313 g/mol. The van der Waals surface area contributed by atoms with Crippen molar-refractivity contribution in [2.45, 2.75) is 32.6 Å². The summed E-state index contributed by atoms with van der Waals surface area (Å²) >= 11 is 0. The van der Waals surface area contributed by atoms with Crippen LogP contribution in [0.1, 0.15) is 32.9 Å². The number of ether oxygens (including phenoxy) is 1. The van der Waals surface area contributed by atoms with E-state index in [-0.39, 0.29) is 5.41 Å². The van der Waals surface area contributed by atoms with Crippen LogP contribution in [0.2, 0.25) is 0 Å². The maximum absolute atomic E-state index is 5.81. The molecule has 0 amide bonds. The fourth-order valence-electron chi connectivity index (χ4n) is 2.65. The van der Waals surface area contributed by atoms with Crippen molar-refractivity contribution < 1.29 is 4.74 Å². The summed E-state index contributed by atoms with van der Waals surface area (Å²) in [7, 11) is 0. The van der Waals surface area contributed by atoms with Gasteiger partial charge in [0, 0.05) is 36.7 Å². The maximum atomic E-state index is 5.81. The molecule has 0 aromatic carbocycles. The molecule has 0 aliphatic carbocycles. The lowest BCUT2D eigenvalue weighted by molar-refractivity contribution is 0.249. The van der Waals surface area contributed by atoms with Gasteiger partial charge < -0.3 is 9.64 Å². The minimum atomic E-state index is 0.00895. The zero-order valence-electron chi connectivity index (χ0n) is 13.9. The summed E-state index contributed by atoms with van der Waals surface area (Å²) in [6, 6.07) is 5.84. The van der Waals surface area contributed by atoms with Gasteiger partial charge in [-0.3, -0.25) is 0 Å². The zero-order chi connectivity index (χ0) is 16.3. The second kappa shape index (κ2) is 6.48. The molecule has 6 nitrogen and oxygen atoms in total. The number of aromatic nitrogens is 4. The van der Waals surface area contributed by atoms with E-state index in [2.05, 4.69) is 45.8 Å². The van der Waals surface area contributed by atoms with Crippen molar-refractivity contribution in [1.82, 2.24) is 20.2 Å². The Labute approximate surface area is 136 Å². The second-order valence-corrected chi connectivity index (χ2v) is 6.99. The van der Waals surface area contributed by atoms with Gasteiger partial charge in [0.05, 0.1) is 12.3 Å². The smallest absolute Gasteiger partial charge is 0.233 e. The average Bonchev–Trinajstić information content (AvgIpc) is 3.02. The molecule has 6 heteroatoms. The first-order valence-corrected chi connectivity index (χ1v) is 8.00. The van der Waals surface area contributed by atoms with Gasteiger partial charge in [-0.05, 0) is 18.6 Å². The van der Waals surface area contributed by atoms with E-state index in [9.17, 15) is 0 Å². The van der Waals surface area contributed by atoms with Gasteiger partial charge in [0.1, 0.15) is 12.1 Å². The molecule has 0 saturated carbocycles. The molecule has 0 bridgehead atoms. The molecule has 122 valence electrons. The lowest BCUT2D eigenvalue weighted by atomic mass is 9.92. The van der Waals surface area contributed by atoms with Gasteiger partial charge in [0.15, 0.2) is 0 Å². The third-order valence-corrected chi connectivity index (χ3v) is 4.05. The van der Waals surface area contributed by atoms with Gasteiger partial charge in [0.25, 0.3) is 0 Å². The fourth-order valence-corrected chi connectivity index (χ4v) is 2.65. The van der Waals surface area contributed by atoms with Crippen LogP contribution in [0.3, 0.4) is 0 Å². The molecule has 1 atom stereocenters. The van der Waals surface area contributed by atoms with Gasteiger partial charge >= 0.3 is 0 Å². The first-order valence-electron chi connectivity index (χ1n) is 8.00. The van der Waals surface area contributed by atoms with Gasteiger partial charge in [-0.2, -0.15) is 5.10 Å². The summed E-state index contributed by atoms with van der Waals surface area (Å²) in [4.78, 5) is 10.5. The molecule has 1 saturated heterocycles. The van der Waals surface area contributed by atoms with Crippen molar-refractivity contribution in [1.29, 1.82) is 0 Å². The molecule has 0 N–H and O–H groups in total. The molecule has 1 aliphatic heterocycles. The standard InChI is InChI=1S/C17H23N5O/c1-17(2,3)14-4-5-16(21-20-14)23-11-13-7-9-22(10-13)15-6-8-18-12-19-15/h4-6,8,12-13H,7,9-11H2,1-3H3. The Morgan fingerprint density at radius 1 is 1.22 bits per heavy atom. The third kappa shape index (κ3) is 3.94. The summed E-state index contributed by atoms with van der Waals surface area (Å²) in [5, 5.41) is 8.43. The van der Waals surface area contributed by atoms with Crippen LogP contribution in [-0.4, -0.2) is 39.9 Å². The summed E-state index contributed by atoms with van der Waals surface area (Å²) < 4.78 is 5.81. The summed E-state index contributed by atoms with van der Waals surface area (Å²) in [5.74, 6) is 2.06. The van der Waals surface area contributed by atoms with Crippen LogP contribution >= 0.6 is 0 Å². The molecular formula is C17H23N5O. The number of hydrogen-bond donors (Lipinski definition) is 0. The predicted octanol–water partition coefficient (Wildman–Crippen LogP) is 2.47. The van der Waals surface area contributed by atoms with Crippen LogP contribution in [0.5, 0.6) is 5.88 Å². The summed E-state index contributed by atoms with van der Waals surface area (Å²) in [6.07, 6.45) is 4.46. The quantitative estimate of drug-likeness (QED) is 0.864. The maximum Gasteiger partial charge on any atom is 0.233 e. The lowest BCUT2D eigenvalue weighted by Gasteiger charge is -2.18. The fraction of sp³-hybridized carbons (Fsp3) is 0.529. The van der Waals surface area contributed by atoms with Gasteiger partial charge in [-0.1, -0.05) is 20.8 Å². The van der Waals surface area contributed by atoms with Crippen LogP contribution in [-0.2, 0) is 5.41 Å². The largest absolute Gasteiger partial charge is 0.476 e. The number of hydrogen-bond acceptors (Lipinski definition) is 6. The van der Waals surface area contributed by atoms with E-state index in [4.69, 9.17) is 4.74 Å². The zero-order valence-corrected chi connectivity index (χ0v) is 13.9. The number of rotatable bonds is 4. The number of anilines is 1. The third-order valence-electron chi connectivity index (χ3n) is 4.05. The minimum absolute atomic E-state index is 0.00895. The molecule has 2 aromatic heterocycles. The molecular weight excluding hydrogens is 290 g/mol. The Balaban J connectivity index is 1.52. The molecule has 1 aliphatic rings. The lowest BCUT2D eigenvalue weighted by Crippen LogP contribution is -2.23. The highest BCUT2D eigenvalue weighted by Crippen LogP contribution is 2.23. The van der Waals surface area contributed by atoms with Crippen molar-refractivity contribution in [3.05, 3.63) is 36.4 Å². The Kier molecular flexibility index (Phi) is 4.41. The monoisotopic (exact) mass is 313 g/mol. The summed E-state index contributed by atoms with van der Waals surface area (Å²) in [5.41, 5.74) is 0.982. The van der Waals surface area contributed by atoms with Gasteiger partial charge in [-0.15, -0.1) is 5.10 Å². The first kappa shape index (κ1) is 15.6. The van der Waals surface area contributed by atoms with Crippen molar-refractivity contribution >= 4 is 5.82 Å². The van der Waals surface area contributed by atoms with E-state index in [1.165, 1.54) is 0 Å². The van der Waals surface area contributed by atoms with Crippen molar-refractivity contribution in [2.75, 3.05) is 24.6 Å². The Morgan fingerprint density at radius 3 is 2.74 bits per heavy atom. The SMILES string of the molecule is CC(C)(C)c1ccc(OCC2CCN(c3ccncn3)C2)nn1. The van der Waals surface area contributed by atoms with Crippen molar-refractivity contribution in [3.8, 4) is 5.88 Å². The van der Waals surface area contributed by atoms with E-state index >= 15 is 0 Å². The molecule has 0 spiro atoms. The van der Waals surface area contributed by atoms with Crippen LogP contribution < -0.4 is 9.64 Å². The molecule has 3 rings (SSSR count). The highest BCUT2D eigenvalue weighted by atomic mass is 16.5. The van der Waals surface area contributed by atoms with E-state index in [0.717, 1.165) is 31.0 Å². The Morgan fingerprint density at radius 2 is 2.09 bits per heavy atom. The number of nitrogens with zero attached hydrogens (tertiary/aromatic N) is 5. The van der Waals surface area contributed by atoms with E-state index in [1.54, 1.807) is 12.5 Å². The van der Waals surface area contributed by atoms with E-state index in [1.807, 2.05) is 18.2 Å². The van der Waals surface area contributed by atoms with Crippen molar-refractivity contribution in [3.63, 3.8) is 0 Å². The van der Waals surface area contributed by atoms with Gasteiger partial charge in [0.2, 0.25) is 5.88 Å². The predicted molar refractivity (Wildman–Crippen MR) is 88.6 cm³/mol. The Bertz CT molecular complexity index is 624. The van der Waals surface area contributed by atoms with Crippen LogP contribution in [0, 0.1) is 5.92 Å². The molecule has 1 unspecified atom stereocenters. The second-order valence-electron chi connectivity index (χ2n) is 6.99. The minimum Gasteiger partial charge on any atom is -0.476 e. The van der Waals surface area contributed by atoms with Crippen LogP contribution in [0.4, 0.5) is 5.82 Å². The Hall–Kier alpha value is -2.24. The highest BCUT2D eigenvalue weighted by Gasteiger charge is 2.24. The molecule has 1 fully saturated rings. The first-order chi connectivity index (χ1) is 11.0.